The van der Waals surface area contributed by atoms with Crippen LogP contribution >= 0.6 is 11.3 Å². The second-order valence-electron chi connectivity index (χ2n) is 6.17. The number of thiazole rings is 1. The molecule has 1 aliphatic heterocycles. The third-order valence-corrected chi connectivity index (χ3v) is 5.34. The van der Waals surface area contributed by atoms with Crippen LogP contribution < -0.4 is 10.1 Å². The molecule has 7 heteroatoms. The first-order valence-corrected chi connectivity index (χ1v) is 8.99. The third-order valence-electron chi connectivity index (χ3n) is 4.28. The highest BCUT2D eigenvalue weighted by molar-refractivity contribution is 7.09. The summed E-state index contributed by atoms with van der Waals surface area (Å²) in [6.45, 7) is 0.594. The van der Waals surface area contributed by atoms with Gasteiger partial charge in [-0.2, -0.15) is 0 Å². The van der Waals surface area contributed by atoms with E-state index in [-0.39, 0.29) is 6.10 Å². The Balaban J connectivity index is 1.23. The summed E-state index contributed by atoms with van der Waals surface area (Å²) < 4.78 is 11.6. The zero-order valence-electron chi connectivity index (χ0n) is 12.9. The fourth-order valence-corrected chi connectivity index (χ4v) is 3.83. The van der Waals surface area contributed by atoms with Crippen LogP contribution in [0.4, 0.5) is 6.01 Å². The molecule has 24 heavy (non-hydrogen) atoms. The number of nitrogens with one attached hydrogen (secondary N) is 1. The van der Waals surface area contributed by atoms with Crippen LogP contribution in [0.5, 0.6) is 5.75 Å². The van der Waals surface area contributed by atoms with E-state index in [0.29, 0.717) is 24.4 Å². The molecule has 5 rings (SSSR count). The molecule has 0 saturated heterocycles. The molecule has 122 valence electrons. The smallest absolute Gasteiger partial charge is 0.315 e. The first kappa shape index (κ1) is 14.0. The number of ether oxygens (including phenoxy) is 1. The molecule has 2 aromatic heterocycles. The first-order chi connectivity index (χ1) is 11.8. The van der Waals surface area contributed by atoms with Crippen LogP contribution in [-0.2, 0) is 13.0 Å². The van der Waals surface area contributed by atoms with Gasteiger partial charge in [0.1, 0.15) is 5.75 Å². The molecule has 1 atom stereocenters. The lowest BCUT2D eigenvalue weighted by Crippen LogP contribution is -2.03. The Kier molecular flexibility index (Phi) is 3.26. The SMILES string of the molecule is c1ccc2c(c1)C[C@H](c1nnc(NCc3csc(C4CC4)n3)o1)O2. The van der Waals surface area contributed by atoms with Gasteiger partial charge >= 0.3 is 6.01 Å². The molecule has 2 aliphatic rings. The summed E-state index contributed by atoms with van der Waals surface area (Å²) >= 11 is 1.74. The van der Waals surface area contributed by atoms with E-state index in [2.05, 4.69) is 31.9 Å². The number of fused-ring (bicyclic) bond motifs is 1. The van der Waals surface area contributed by atoms with Gasteiger partial charge in [-0.3, -0.25) is 0 Å². The quantitative estimate of drug-likeness (QED) is 0.763. The Labute approximate surface area is 142 Å². The highest BCUT2D eigenvalue weighted by atomic mass is 32.1. The van der Waals surface area contributed by atoms with Crippen molar-refractivity contribution >= 4 is 17.4 Å². The minimum absolute atomic E-state index is 0.203. The molecule has 0 spiro atoms. The molecule has 1 N–H and O–H groups in total. The monoisotopic (exact) mass is 340 g/mol. The maximum Gasteiger partial charge on any atom is 0.315 e. The van der Waals surface area contributed by atoms with Gasteiger partial charge in [0.05, 0.1) is 17.2 Å². The molecular formula is C17H16N4O2S. The molecule has 1 saturated carbocycles. The minimum Gasteiger partial charge on any atom is -0.480 e. The Morgan fingerprint density at radius 2 is 2.12 bits per heavy atom. The van der Waals surface area contributed by atoms with Crippen molar-refractivity contribution in [2.45, 2.75) is 37.8 Å². The summed E-state index contributed by atoms with van der Waals surface area (Å²) in [6, 6.07) is 8.40. The second-order valence-corrected chi connectivity index (χ2v) is 7.06. The van der Waals surface area contributed by atoms with Crippen molar-refractivity contribution in [3.8, 4) is 5.75 Å². The van der Waals surface area contributed by atoms with Gasteiger partial charge in [0.25, 0.3) is 5.89 Å². The standard InChI is InChI=1S/C17H16N4O2S/c1-2-4-13-11(3-1)7-14(22-13)15-20-21-17(23-15)18-8-12-9-24-16(19-12)10-5-6-10/h1-4,9-10,14H,5-8H2,(H,18,21)/t14-/m1/s1. The van der Waals surface area contributed by atoms with Gasteiger partial charge in [-0.1, -0.05) is 23.3 Å². The molecule has 0 unspecified atom stereocenters. The predicted molar refractivity (Wildman–Crippen MR) is 89.2 cm³/mol. The Bertz CT molecular complexity index is 846. The summed E-state index contributed by atoms with van der Waals surface area (Å²) in [4.78, 5) is 4.64. The van der Waals surface area contributed by atoms with E-state index < -0.39 is 0 Å². The van der Waals surface area contributed by atoms with Gasteiger partial charge in [0, 0.05) is 17.7 Å². The predicted octanol–water partition coefficient (Wildman–Crippen LogP) is 3.69. The van der Waals surface area contributed by atoms with Crippen molar-refractivity contribution in [1.29, 1.82) is 0 Å². The van der Waals surface area contributed by atoms with Gasteiger partial charge in [-0.25, -0.2) is 4.98 Å². The largest absolute Gasteiger partial charge is 0.480 e. The molecule has 0 radical (unpaired) electrons. The van der Waals surface area contributed by atoms with Crippen molar-refractivity contribution in [1.82, 2.24) is 15.2 Å². The van der Waals surface area contributed by atoms with Crippen molar-refractivity contribution in [3.63, 3.8) is 0 Å². The van der Waals surface area contributed by atoms with Crippen molar-refractivity contribution in [3.05, 3.63) is 51.8 Å². The van der Waals surface area contributed by atoms with Crippen LogP contribution in [0.3, 0.4) is 0 Å². The molecular weight excluding hydrogens is 324 g/mol. The Hall–Kier alpha value is -2.41. The molecule has 1 fully saturated rings. The lowest BCUT2D eigenvalue weighted by Gasteiger charge is -2.04. The van der Waals surface area contributed by atoms with Crippen LogP contribution in [0.2, 0.25) is 0 Å². The number of benzene rings is 1. The number of anilines is 1. The Morgan fingerprint density at radius 1 is 1.21 bits per heavy atom. The summed E-state index contributed by atoms with van der Waals surface area (Å²) in [6.07, 6.45) is 3.11. The third kappa shape index (κ3) is 2.65. The van der Waals surface area contributed by atoms with E-state index in [9.17, 15) is 0 Å². The van der Waals surface area contributed by atoms with Crippen LogP contribution in [0.1, 0.15) is 47.0 Å². The van der Waals surface area contributed by atoms with E-state index in [4.69, 9.17) is 9.15 Å². The lowest BCUT2D eigenvalue weighted by molar-refractivity contribution is 0.199. The zero-order valence-corrected chi connectivity index (χ0v) is 13.8. The number of rotatable bonds is 5. The van der Waals surface area contributed by atoms with Crippen LogP contribution in [-0.4, -0.2) is 15.2 Å². The van der Waals surface area contributed by atoms with Crippen LogP contribution in [0, 0.1) is 0 Å². The molecule has 1 aliphatic carbocycles. The normalized spacial score (nSPS) is 19.1. The van der Waals surface area contributed by atoms with Gasteiger partial charge < -0.3 is 14.5 Å². The Morgan fingerprint density at radius 3 is 3.00 bits per heavy atom. The lowest BCUT2D eigenvalue weighted by atomic mass is 10.1. The number of para-hydroxylation sites is 1. The van der Waals surface area contributed by atoms with Gasteiger partial charge in [-0.15, -0.1) is 16.4 Å². The molecule has 0 amide bonds. The number of hydrogen-bond donors (Lipinski definition) is 1. The number of hydrogen-bond acceptors (Lipinski definition) is 7. The van der Waals surface area contributed by atoms with Crippen molar-refractivity contribution in [2.24, 2.45) is 0 Å². The molecule has 3 heterocycles. The molecule has 3 aromatic rings. The highest BCUT2D eigenvalue weighted by Crippen LogP contribution is 2.41. The second kappa shape index (κ2) is 5.59. The minimum atomic E-state index is -0.203. The summed E-state index contributed by atoms with van der Waals surface area (Å²) in [5.74, 6) is 2.09. The first-order valence-electron chi connectivity index (χ1n) is 8.11. The summed E-state index contributed by atoms with van der Waals surface area (Å²) in [7, 11) is 0. The maximum absolute atomic E-state index is 5.87. The van der Waals surface area contributed by atoms with Crippen molar-refractivity contribution < 1.29 is 9.15 Å². The maximum atomic E-state index is 5.87. The zero-order chi connectivity index (χ0) is 15.9. The molecule has 1 aromatic carbocycles. The number of aromatic nitrogens is 3. The van der Waals surface area contributed by atoms with E-state index in [0.717, 1.165) is 17.9 Å². The van der Waals surface area contributed by atoms with E-state index >= 15 is 0 Å². The van der Waals surface area contributed by atoms with Gasteiger partial charge in [-0.05, 0) is 24.5 Å². The van der Waals surface area contributed by atoms with Gasteiger partial charge in [0.2, 0.25) is 0 Å². The van der Waals surface area contributed by atoms with Crippen molar-refractivity contribution in [2.75, 3.05) is 5.32 Å². The highest BCUT2D eigenvalue weighted by Gasteiger charge is 2.29. The van der Waals surface area contributed by atoms with Crippen LogP contribution in [0.25, 0.3) is 0 Å². The average Bonchev–Trinajstić information content (AvgIpc) is 3.04. The van der Waals surface area contributed by atoms with Crippen LogP contribution in [0.15, 0.2) is 34.1 Å². The summed E-state index contributed by atoms with van der Waals surface area (Å²) in [5, 5.41) is 14.7. The van der Waals surface area contributed by atoms with Gasteiger partial charge in [0.15, 0.2) is 6.10 Å². The fourth-order valence-electron chi connectivity index (χ4n) is 2.84. The average molecular weight is 340 g/mol. The fraction of sp³-hybridized carbons (Fsp3) is 0.353. The molecule has 0 bridgehead atoms. The van der Waals surface area contributed by atoms with E-state index in [1.807, 2.05) is 18.2 Å². The van der Waals surface area contributed by atoms with E-state index in [1.165, 1.54) is 23.4 Å². The van der Waals surface area contributed by atoms with E-state index in [1.54, 1.807) is 11.3 Å². The molecule has 6 nitrogen and oxygen atoms in total. The number of nitrogens with zero attached hydrogens (tertiary/aromatic N) is 3. The topological polar surface area (TPSA) is 73.1 Å². The summed E-state index contributed by atoms with van der Waals surface area (Å²) in [5.41, 5.74) is 2.19.